The molecule has 0 amide bonds. The molecule has 0 aliphatic heterocycles. The molecule has 0 radical (unpaired) electrons. The third-order valence-electron chi connectivity index (χ3n) is 3.04. The number of carbonyl (C=O) groups is 1. The van der Waals surface area contributed by atoms with Gasteiger partial charge in [0.15, 0.2) is 5.65 Å². The zero-order valence-corrected chi connectivity index (χ0v) is 10.6. The number of esters is 1. The van der Waals surface area contributed by atoms with Crippen LogP contribution >= 0.6 is 0 Å². The van der Waals surface area contributed by atoms with E-state index in [1.165, 1.54) is 4.52 Å². The zero-order valence-electron chi connectivity index (χ0n) is 10.6. The summed E-state index contributed by atoms with van der Waals surface area (Å²) in [6.07, 6.45) is 2.23. The molecule has 0 aromatic carbocycles. The second-order valence-electron chi connectivity index (χ2n) is 4.55. The van der Waals surface area contributed by atoms with E-state index in [1.54, 1.807) is 13.0 Å². The molecule has 3 rings (SSSR count). The van der Waals surface area contributed by atoms with E-state index in [9.17, 15) is 9.59 Å². The Morgan fingerprint density at radius 3 is 2.89 bits per heavy atom. The smallest absolute Gasteiger partial charge is 0.367 e. The second-order valence-corrected chi connectivity index (χ2v) is 4.55. The molecule has 7 nitrogen and oxygen atoms in total. The van der Waals surface area contributed by atoms with E-state index in [-0.39, 0.29) is 13.2 Å². The third kappa shape index (κ3) is 2.23. The summed E-state index contributed by atoms with van der Waals surface area (Å²) in [5.74, 6) is -0.0138. The maximum atomic E-state index is 12.1. The molecule has 1 saturated carbocycles. The van der Waals surface area contributed by atoms with Crippen molar-refractivity contribution in [1.82, 2.24) is 19.4 Å². The van der Waals surface area contributed by atoms with Crippen LogP contribution in [0.5, 0.6) is 0 Å². The lowest BCUT2D eigenvalue weighted by molar-refractivity contribution is -0.144. The minimum absolute atomic E-state index is 0.186. The van der Waals surface area contributed by atoms with Gasteiger partial charge in [0.05, 0.1) is 12.3 Å². The second kappa shape index (κ2) is 4.49. The quantitative estimate of drug-likeness (QED) is 0.742. The van der Waals surface area contributed by atoms with Crippen LogP contribution in [0.2, 0.25) is 0 Å². The Hall–Kier alpha value is -2.18. The zero-order chi connectivity index (χ0) is 13.4. The standard InChI is InChI=1S/C12H14N4O3/c1-2-19-11(17)7-15-12(18)16-10(14-15)6-5-9(13-16)8-3-4-8/h5-6,8H,2-4,7H2,1H3. The molecular formula is C12H14N4O3. The molecule has 19 heavy (non-hydrogen) atoms. The lowest BCUT2D eigenvalue weighted by Crippen LogP contribution is -2.27. The Morgan fingerprint density at radius 2 is 2.21 bits per heavy atom. The highest BCUT2D eigenvalue weighted by molar-refractivity contribution is 5.69. The molecule has 0 spiro atoms. The van der Waals surface area contributed by atoms with E-state index < -0.39 is 11.7 Å². The van der Waals surface area contributed by atoms with Crippen molar-refractivity contribution >= 4 is 11.6 Å². The summed E-state index contributed by atoms with van der Waals surface area (Å²) in [6, 6.07) is 3.64. The largest absolute Gasteiger partial charge is 0.465 e. The molecule has 1 aliphatic rings. The van der Waals surface area contributed by atoms with Gasteiger partial charge >= 0.3 is 11.7 Å². The molecule has 100 valence electrons. The predicted octanol–water partition coefficient (Wildman–Crippen LogP) is 0.332. The fourth-order valence-corrected chi connectivity index (χ4v) is 1.95. The Bertz CT molecular complexity index is 684. The van der Waals surface area contributed by atoms with E-state index in [1.807, 2.05) is 6.07 Å². The monoisotopic (exact) mass is 262 g/mol. The average Bonchev–Trinajstić information content (AvgIpc) is 3.18. The first kappa shape index (κ1) is 11.9. The van der Waals surface area contributed by atoms with Gasteiger partial charge in [-0.25, -0.2) is 4.79 Å². The number of carbonyl (C=O) groups excluding carboxylic acids is 1. The van der Waals surface area contributed by atoms with Crippen LogP contribution in [0, 0.1) is 0 Å². The maximum Gasteiger partial charge on any atom is 0.367 e. The number of rotatable bonds is 4. The van der Waals surface area contributed by atoms with Gasteiger partial charge < -0.3 is 4.74 Å². The summed E-state index contributed by atoms with van der Waals surface area (Å²) in [6.45, 7) is 1.81. The topological polar surface area (TPSA) is 78.5 Å². The summed E-state index contributed by atoms with van der Waals surface area (Å²) in [5.41, 5.74) is 0.939. The van der Waals surface area contributed by atoms with Crippen molar-refractivity contribution < 1.29 is 9.53 Å². The van der Waals surface area contributed by atoms with Crippen LogP contribution in [0.1, 0.15) is 31.4 Å². The van der Waals surface area contributed by atoms with Gasteiger partial charge in [0.2, 0.25) is 0 Å². The average molecular weight is 262 g/mol. The van der Waals surface area contributed by atoms with Crippen LogP contribution in [0.25, 0.3) is 5.65 Å². The van der Waals surface area contributed by atoms with Gasteiger partial charge in [0.1, 0.15) is 6.54 Å². The van der Waals surface area contributed by atoms with Gasteiger partial charge in [-0.2, -0.15) is 14.3 Å². The van der Waals surface area contributed by atoms with E-state index >= 15 is 0 Å². The minimum Gasteiger partial charge on any atom is -0.465 e. The highest BCUT2D eigenvalue weighted by Gasteiger charge is 2.26. The molecule has 0 saturated heterocycles. The van der Waals surface area contributed by atoms with Crippen LogP contribution in [-0.4, -0.2) is 32.0 Å². The van der Waals surface area contributed by atoms with Crippen LogP contribution in [0.4, 0.5) is 0 Å². The molecule has 0 atom stereocenters. The molecule has 0 N–H and O–H groups in total. The van der Waals surface area contributed by atoms with Crippen molar-refractivity contribution in [2.75, 3.05) is 6.61 Å². The Labute approximate surface area is 108 Å². The van der Waals surface area contributed by atoms with Crippen LogP contribution in [0.15, 0.2) is 16.9 Å². The van der Waals surface area contributed by atoms with Gasteiger partial charge in [0.25, 0.3) is 0 Å². The molecule has 1 fully saturated rings. The first-order valence-corrected chi connectivity index (χ1v) is 6.31. The van der Waals surface area contributed by atoms with Gasteiger partial charge in [-0.05, 0) is 31.9 Å². The first-order valence-electron chi connectivity index (χ1n) is 6.31. The van der Waals surface area contributed by atoms with Crippen molar-refractivity contribution in [3.63, 3.8) is 0 Å². The normalized spacial score (nSPS) is 14.8. The van der Waals surface area contributed by atoms with E-state index in [0.29, 0.717) is 11.6 Å². The third-order valence-corrected chi connectivity index (χ3v) is 3.04. The van der Waals surface area contributed by atoms with E-state index in [0.717, 1.165) is 23.2 Å². The first-order chi connectivity index (χ1) is 9.19. The van der Waals surface area contributed by atoms with Crippen molar-refractivity contribution in [1.29, 1.82) is 0 Å². The number of aromatic nitrogens is 4. The minimum atomic E-state index is -0.476. The van der Waals surface area contributed by atoms with E-state index in [2.05, 4.69) is 10.2 Å². The molecule has 1 aliphatic carbocycles. The number of hydrogen-bond acceptors (Lipinski definition) is 5. The highest BCUT2D eigenvalue weighted by atomic mass is 16.5. The number of fused-ring (bicyclic) bond motifs is 1. The molecule has 2 aromatic rings. The van der Waals surface area contributed by atoms with Gasteiger partial charge in [-0.1, -0.05) is 0 Å². The van der Waals surface area contributed by atoms with Crippen LogP contribution in [0.3, 0.4) is 0 Å². The van der Waals surface area contributed by atoms with Crippen molar-refractivity contribution in [3.8, 4) is 0 Å². The Balaban J connectivity index is 1.95. The van der Waals surface area contributed by atoms with Crippen molar-refractivity contribution in [2.45, 2.75) is 32.2 Å². The summed E-state index contributed by atoms with van der Waals surface area (Å²) in [4.78, 5) is 23.4. The number of ether oxygens (including phenoxy) is 1. The molecule has 2 heterocycles. The molecule has 2 aromatic heterocycles. The van der Waals surface area contributed by atoms with Crippen LogP contribution < -0.4 is 5.69 Å². The lowest BCUT2D eigenvalue weighted by atomic mass is 10.3. The fraction of sp³-hybridized carbons (Fsp3) is 0.500. The predicted molar refractivity (Wildman–Crippen MR) is 65.9 cm³/mol. The summed E-state index contributed by atoms with van der Waals surface area (Å²) < 4.78 is 7.12. The van der Waals surface area contributed by atoms with E-state index in [4.69, 9.17) is 4.74 Å². The Kier molecular flexibility index (Phi) is 2.81. The molecular weight excluding hydrogens is 248 g/mol. The fourth-order valence-electron chi connectivity index (χ4n) is 1.95. The number of nitrogens with zero attached hydrogens (tertiary/aromatic N) is 4. The summed E-state index contributed by atoms with van der Waals surface area (Å²) in [5, 5.41) is 8.34. The maximum absolute atomic E-state index is 12.1. The van der Waals surface area contributed by atoms with Crippen molar-refractivity contribution in [3.05, 3.63) is 28.3 Å². The van der Waals surface area contributed by atoms with Crippen molar-refractivity contribution in [2.24, 2.45) is 0 Å². The van der Waals surface area contributed by atoms with Gasteiger partial charge in [0, 0.05) is 5.92 Å². The van der Waals surface area contributed by atoms with Gasteiger partial charge in [-0.15, -0.1) is 5.10 Å². The number of hydrogen-bond donors (Lipinski definition) is 0. The summed E-state index contributed by atoms with van der Waals surface area (Å²) >= 11 is 0. The van der Waals surface area contributed by atoms with Crippen LogP contribution in [-0.2, 0) is 16.1 Å². The molecule has 0 bridgehead atoms. The molecule has 7 heteroatoms. The Morgan fingerprint density at radius 1 is 1.42 bits per heavy atom. The van der Waals surface area contributed by atoms with Gasteiger partial charge in [-0.3, -0.25) is 4.79 Å². The SMILES string of the molecule is CCOC(=O)Cn1nc2ccc(C3CC3)nn2c1=O. The highest BCUT2D eigenvalue weighted by Crippen LogP contribution is 2.38. The molecule has 0 unspecified atom stereocenters. The summed E-state index contributed by atoms with van der Waals surface area (Å²) in [7, 11) is 0. The lowest BCUT2D eigenvalue weighted by Gasteiger charge is -1.99.